The molecule has 0 saturated heterocycles. The quantitative estimate of drug-likeness (QED) is 0.0528. The Bertz CT molecular complexity index is 959. The van der Waals surface area contributed by atoms with Crippen molar-refractivity contribution < 1.29 is 86.1 Å². The van der Waals surface area contributed by atoms with E-state index in [1.165, 1.54) is 0 Å². The molecule has 0 aliphatic rings. The minimum absolute atomic E-state index is 0. The van der Waals surface area contributed by atoms with E-state index in [0.717, 1.165) is 0 Å². The molecule has 0 rings (SSSR count). The molecule has 0 aromatic rings. The highest BCUT2D eigenvalue weighted by molar-refractivity contribution is 7.50. The van der Waals surface area contributed by atoms with E-state index in [0.29, 0.717) is 19.6 Å². The van der Waals surface area contributed by atoms with E-state index in [1.807, 2.05) is 0 Å². The van der Waals surface area contributed by atoms with Gasteiger partial charge in [0.05, 0.1) is 0 Å². The van der Waals surface area contributed by atoms with Crippen LogP contribution in [0.1, 0.15) is 0 Å². The van der Waals surface area contributed by atoms with E-state index in [-0.39, 0.29) is 43.1 Å². The number of rotatable bonds is 21. The fraction of sp³-hybridized carbons (Fsp3) is 1.00. The number of nitrogens with zero attached hydrogens (tertiary/aromatic N) is 4. The third kappa shape index (κ3) is 44.4. The summed E-state index contributed by atoms with van der Waals surface area (Å²) in [5, 5.41) is 0. The van der Waals surface area contributed by atoms with Crippen LogP contribution in [0, 0.1) is 0 Å². The summed E-state index contributed by atoms with van der Waals surface area (Å²) in [6.07, 6.45) is -8.51. The summed E-state index contributed by atoms with van der Waals surface area (Å²) in [4.78, 5) is 135. The molecule has 0 aromatic heterocycles. The van der Waals surface area contributed by atoms with Crippen LogP contribution in [0.25, 0.3) is 0 Å². The van der Waals surface area contributed by atoms with Crippen molar-refractivity contribution in [2.75, 3.05) is 77.0 Å². The van der Waals surface area contributed by atoms with Gasteiger partial charge >= 0.3 is 0 Å². The van der Waals surface area contributed by atoms with Crippen LogP contribution in [0.3, 0.4) is 0 Å². The molecule has 0 aromatic carbocycles. The van der Waals surface area contributed by atoms with E-state index >= 15 is 0 Å². The van der Waals surface area contributed by atoms with Crippen molar-refractivity contribution in [3.63, 3.8) is 0 Å². The van der Waals surface area contributed by atoms with Gasteiger partial charge in [-0.15, -0.1) is 0 Å². The predicted octanol–water partition coefficient (Wildman–Crippen LogP) is -7.95. The van der Waals surface area contributed by atoms with Gasteiger partial charge < -0.3 is 129 Å². The molecule has 47 heavy (non-hydrogen) atoms. The van der Waals surface area contributed by atoms with Crippen molar-refractivity contribution in [2.24, 2.45) is 0 Å². The smallest absolute Gasteiger partial charge is 0.0264 e. The van der Waals surface area contributed by atoms with Gasteiger partial charge in [-0.05, 0) is 0 Å². The van der Waals surface area contributed by atoms with Crippen LogP contribution >= 0.6 is 45.6 Å². The molecular formula is C12H52N11O18P6-5. The second kappa shape index (κ2) is 26.3. The Labute approximate surface area is 271 Å². The summed E-state index contributed by atoms with van der Waals surface area (Å²) in [5.41, 5.74) is 0. The molecule has 35 heteroatoms. The average Bonchev–Trinajstić information content (AvgIpc) is 2.60. The van der Waals surface area contributed by atoms with Crippen LogP contribution in [0.15, 0.2) is 0 Å². The van der Waals surface area contributed by atoms with Gasteiger partial charge in [0.25, 0.3) is 0 Å². The Kier molecular flexibility index (Phi) is 36.8. The Hall–Kier alpha value is 0.460. The lowest BCUT2D eigenvalue weighted by atomic mass is 10.4. The largest absolute Gasteiger partial charge is 0.810 e. The first-order valence-corrected chi connectivity index (χ1v) is 20.8. The van der Waals surface area contributed by atoms with Gasteiger partial charge in [0.1, 0.15) is 0 Å². The highest BCUT2D eigenvalue weighted by atomic mass is 31.2. The van der Waals surface area contributed by atoms with Gasteiger partial charge in [-0.2, -0.15) is 0 Å². The molecule has 0 spiro atoms. The molecule has 0 saturated carbocycles. The first kappa shape index (κ1) is 65.8. The zero-order valence-electron chi connectivity index (χ0n) is 27.3. The van der Waals surface area contributed by atoms with E-state index in [9.17, 15) is 86.1 Å². The molecule has 0 radical (unpaired) electrons. The normalized spacial score (nSPS) is 12.5. The predicted molar refractivity (Wildman–Crippen MR) is 153 cm³/mol. The highest BCUT2D eigenvalue weighted by Crippen LogP contribution is 2.32. The summed E-state index contributed by atoms with van der Waals surface area (Å²) in [5.74, 6) is 0. The van der Waals surface area contributed by atoms with Crippen molar-refractivity contribution >= 4 is 45.6 Å². The Balaban J connectivity index is -0.000000362. The average molecular weight is 824 g/mol. The SMILES string of the molecule is O=P([O-])([O-])CN(CCN(CCN(CP(=O)([O-])[O-])CP(=O)([O-])[O-])CP(=O)([O-])[O-])CCN(CP(=O)([O-])[O-])CP(=O)([O-])[O-].[NH4+].[NH4+].[NH4+].[NH4+].[NH4+].[NH4+].[NH4+]. The molecular weight excluding hydrogens is 772 g/mol. The van der Waals surface area contributed by atoms with Crippen molar-refractivity contribution in [1.29, 1.82) is 0 Å². The maximum atomic E-state index is 11.3. The number of hydrogen-bond donors (Lipinski definition) is 7. The molecule has 0 aliphatic carbocycles. The lowest BCUT2D eigenvalue weighted by Gasteiger charge is -2.43. The molecule has 29 nitrogen and oxygen atoms in total. The molecule has 0 fully saturated rings. The van der Waals surface area contributed by atoms with Crippen LogP contribution in [-0.4, -0.2) is 96.6 Å². The molecule has 0 amide bonds. The fourth-order valence-corrected chi connectivity index (χ4v) is 7.98. The molecule has 28 N–H and O–H groups in total. The van der Waals surface area contributed by atoms with Gasteiger partial charge in [0, 0.05) is 77.0 Å². The maximum absolute atomic E-state index is 11.3. The van der Waals surface area contributed by atoms with Crippen LogP contribution in [-0.2, 0) is 27.4 Å². The van der Waals surface area contributed by atoms with Crippen molar-refractivity contribution in [2.45, 2.75) is 0 Å². The van der Waals surface area contributed by atoms with E-state index < -0.39 is 123 Å². The minimum atomic E-state index is -5.42. The fourth-order valence-electron chi connectivity index (χ4n) is 3.20. The van der Waals surface area contributed by atoms with Crippen molar-refractivity contribution in [3.8, 4) is 0 Å². The summed E-state index contributed by atoms with van der Waals surface area (Å²) < 4.78 is 66.7. The second-order valence-corrected chi connectivity index (χ2v) is 17.6. The monoisotopic (exact) mass is 824 g/mol. The molecule has 298 valence electrons. The zero-order valence-corrected chi connectivity index (χ0v) is 32.7. The van der Waals surface area contributed by atoms with Gasteiger partial charge in [-0.3, -0.25) is 19.6 Å². The Morgan fingerprint density at radius 2 is 0.362 bits per heavy atom. The van der Waals surface area contributed by atoms with Gasteiger partial charge in [0.15, 0.2) is 0 Å². The lowest BCUT2D eigenvalue weighted by molar-refractivity contribution is -0.321. The summed E-state index contributed by atoms with van der Waals surface area (Å²) in [7, 11) is -32.5. The minimum Gasteiger partial charge on any atom is -0.810 e. The summed E-state index contributed by atoms with van der Waals surface area (Å²) >= 11 is 0. The van der Waals surface area contributed by atoms with E-state index in [4.69, 9.17) is 0 Å². The van der Waals surface area contributed by atoms with Crippen LogP contribution in [0.4, 0.5) is 0 Å². The number of quaternary nitrogens is 7. The van der Waals surface area contributed by atoms with Gasteiger partial charge in [-0.25, -0.2) is 0 Å². The van der Waals surface area contributed by atoms with E-state index in [2.05, 4.69) is 0 Å². The standard InChI is InChI=1S/C12H36N4O18P6.7H3N/c17-35(18,19)7-13(3-5-15(9-37(23,24)25)10-38(26,27)28)1-2-14(8-36(20,21)22)4-6-16(11-39(29,30)31)12-40(32,33)34;;;;;;;/h1-12H2,(H2,17,18,19)(H2,20,21,22)(H2,23,24,25)(H2,26,27,28)(H2,29,30,31)(H2,32,33,34);7*1H3/p-5. The molecule has 0 aliphatic heterocycles. The summed E-state index contributed by atoms with van der Waals surface area (Å²) in [6.45, 7) is -4.20. The maximum Gasteiger partial charge on any atom is 0.0264 e. The topological polar surface area (TPSA) is 648 Å². The van der Waals surface area contributed by atoms with Gasteiger partial charge in [0.2, 0.25) is 0 Å². The molecule has 0 heterocycles. The zero-order chi connectivity index (χ0) is 31.8. The van der Waals surface area contributed by atoms with Crippen LogP contribution < -0.4 is 102 Å². The third-order valence-electron chi connectivity index (χ3n) is 4.44. The highest BCUT2D eigenvalue weighted by Gasteiger charge is 2.17. The third-order valence-corrected chi connectivity index (χ3v) is 8.92. The summed E-state index contributed by atoms with van der Waals surface area (Å²) in [6, 6.07) is 0. The van der Waals surface area contributed by atoms with Crippen molar-refractivity contribution in [3.05, 3.63) is 0 Å². The van der Waals surface area contributed by atoms with Crippen LogP contribution in [0.5, 0.6) is 0 Å². The van der Waals surface area contributed by atoms with Crippen molar-refractivity contribution in [1.82, 2.24) is 62.7 Å². The molecule has 0 unspecified atom stereocenters. The lowest BCUT2D eigenvalue weighted by Crippen LogP contribution is -2.46. The number of hydrogen-bond acceptors (Lipinski definition) is 22. The Morgan fingerprint density at radius 3 is 0.489 bits per heavy atom. The van der Waals surface area contributed by atoms with Gasteiger partial charge in [-0.1, -0.05) is 45.6 Å². The second-order valence-electron chi connectivity index (χ2n) is 8.54. The van der Waals surface area contributed by atoms with Crippen LogP contribution in [0.2, 0.25) is 0 Å². The molecule has 0 atom stereocenters. The first-order valence-electron chi connectivity index (χ1n) is 10.5. The first-order chi connectivity index (χ1) is 17.5. The molecule has 0 bridgehead atoms. The Morgan fingerprint density at radius 1 is 0.255 bits per heavy atom. The van der Waals surface area contributed by atoms with E-state index in [1.54, 1.807) is 0 Å².